The van der Waals surface area contributed by atoms with Crippen molar-refractivity contribution in [3.8, 4) is 0 Å². The van der Waals surface area contributed by atoms with E-state index in [0.29, 0.717) is 11.2 Å². The Labute approximate surface area is 79.7 Å². The number of aliphatic hydroxyl groups is 1. The van der Waals surface area contributed by atoms with Crippen LogP contribution in [0.1, 0.15) is 18.6 Å². The van der Waals surface area contributed by atoms with E-state index in [9.17, 15) is 5.11 Å². The summed E-state index contributed by atoms with van der Waals surface area (Å²) >= 11 is 3.16. The van der Waals surface area contributed by atoms with Crippen molar-refractivity contribution in [3.05, 3.63) is 22.6 Å². The van der Waals surface area contributed by atoms with Crippen molar-refractivity contribution in [2.45, 2.75) is 13.0 Å². The molecule has 3 N–H and O–H groups in total. The molecule has 0 fully saturated rings. The van der Waals surface area contributed by atoms with E-state index < -0.39 is 6.10 Å². The van der Waals surface area contributed by atoms with Crippen molar-refractivity contribution in [1.29, 1.82) is 0 Å². The molecule has 68 valence electrons. The largest absolute Gasteiger partial charge is 0.457 e. The molecule has 0 saturated heterocycles. The molecule has 0 aliphatic heterocycles. The lowest BCUT2D eigenvalue weighted by molar-refractivity contribution is 0.121. The highest BCUT2D eigenvalue weighted by Gasteiger charge is 2.16. The predicted octanol–water partition coefficient (Wildman–Crippen LogP) is 1.67. The van der Waals surface area contributed by atoms with Gasteiger partial charge in [0.05, 0.1) is 12.4 Å². The van der Waals surface area contributed by atoms with Crippen LogP contribution in [-0.2, 0) is 0 Å². The summed E-state index contributed by atoms with van der Waals surface area (Å²) < 4.78 is 5.62. The van der Waals surface area contributed by atoms with Crippen LogP contribution < -0.4 is 5.73 Å². The number of furan rings is 1. The summed E-state index contributed by atoms with van der Waals surface area (Å²) in [5.41, 5.74) is 6.18. The monoisotopic (exact) mass is 233 g/mol. The van der Waals surface area contributed by atoms with Crippen LogP contribution in [0, 0.1) is 5.92 Å². The first kappa shape index (κ1) is 9.77. The fraction of sp³-hybridized carbons (Fsp3) is 0.500. The molecule has 0 radical (unpaired) electrons. The molecule has 0 spiro atoms. The van der Waals surface area contributed by atoms with Crippen molar-refractivity contribution in [1.82, 2.24) is 0 Å². The first-order valence-corrected chi connectivity index (χ1v) is 4.56. The maximum atomic E-state index is 9.64. The molecule has 0 aliphatic carbocycles. The molecule has 2 unspecified atom stereocenters. The third kappa shape index (κ3) is 2.09. The Balaban J connectivity index is 2.70. The first-order chi connectivity index (χ1) is 5.65. The number of aliphatic hydroxyl groups excluding tert-OH is 1. The van der Waals surface area contributed by atoms with Gasteiger partial charge in [0.2, 0.25) is 0 Å². The number of rotatable bonds is 3. The highest BCUT2D eigenvalue weighted by Crippen LogP contribution is 2.25. The van der Waals surface area contributed by atoms with Crippen LogP contribution in [0.25, 0.3) is 0 Å². The minimum Gasteiger partial charge on any atom is -0.457 e. The zero-order chi connectivity index (χ0) is 9.14. The normalized spacial score (nSPS) is 16.0. The van der Waals surface area contributed by atoms with Crippen LogP contribution in [0.15, 0.2) is 21.4 Å². The van der Waals surface area contributed by atoms with Gasteiger partial charge in [-0.05, 0) is 34.5 Å². The summed E-state index contributed by atoms with van der Waals surface area (Å²) in [7, 11) is 0. The third-order valence-electron chi connectivity index (χ3n) is 1.84. The zero-order valence-electron chi connectivity index (χ0n) is 6.83. The lowest BCUT2D eigenvalue weighted by Gasteiger charge is -2.14. The Bertz CT molecular complexity index is 249. The SMILES string of the molecule is CC(CN)C(O)c1coc(Br)c1. The second-order valence-corrected chi connectivity index (χ2v) is 3.62. The van der Waals surface area contributed by atoms with Crippen LogP contribution in [0.3, 0.4) is 0 Å². The zero-order valence-corrected chi connectivity index (χ0v) is 8.41. The van der Waals surface area contributed by atoms with E-state index in [2.05, 4.69) is 15.9 Å². The van der Waals surface area contributed by atoms with Gasteiger partial charge in [-0.1, -0.05) is 6.92 Å². The molecule has 0 aromatic carbocycles. The summed E-state index contributed by atoms with van der Waals surface area (Å²) in [4.78, 5) is 0. The van der Waals surface area contributed by atoms with Crippen molar-refractivity contribution >= 4 is 15.9 Å². The summed E-state index contributed by atoms with van der Waals surface area (Å²) in [5.74, 6) is 0.0505. The van der Waals surface area contributed by atoms with Crippen molar-refractivity contribution < 1.29 is 9.52 Å². The maximum Gasteiger partial charge on any atom is 0.169 e. The van der Waals surface area contributed by atoms with E-state index in [1.807, 2.05) is 6.92 Å². The Morgan fingerprint density at radius 1 is 1.75 bits per heavy atom. The Morgan fingerprint density at radius 2 is 2.42 bits per heavy atom. The van der Waals surface area contributed by atoms with Crippen LogP contribution in [0.5, 0.6) is 0 Å². The molecule has 12 heavy (non-hydrogen) atoms. The highest BCUT2D eigenvalue weighted by atomic mass is 79.9. The molecular weight excluding hydrogens is 222 g/mol. The molecule has 0 bridgehead atoms. The van der Waals surface area contributed by atoms with Gasteiger partial charge < -0.3 is 15.3 Å². The van der Waals surface area contributed by atoms with Crippen LogP contribution >= 0.6 is 15.9 Å². The quantitative estimate of drug-likeness (QED) is 0.836. The minimum atomic E-state index is -0.537. The van der Waals surface area contributed by atoms with E-state index >= 15 is 0 Å². The molecule has 4 heteroatoms. The van der Waals surface area contributed by atoms with Gasteiger partial charge in [-0.2, -0.15) is 0 Å². The lowest BCUT2D eigenvalue weighted by Crippen LogP contribution is -2.18. The minimum absolute atomic E-state index is 0.0505. The molecule has 0 saturated carbocycles. The molecule has 1 aromatic rings. The van der Waals surface area contributed by atoms with Gasteiger partial charge in [0.1, 0.15) is 0 Å². The fourth-order valence-corrected chi connectivity index (χ4v) is 1.29. The van der Waals surface area contributed by atoms with E-state index in [-0.39, 0.29) is 5.92 Å². The molecule has 1 rings (SSSR count). The van der Waals surface area contributed by atoms with Gasteiger partial charge in [-0.15, -0.1) is 0 Å². The van der Waals surface area contributed by atoms with Crippen LogP contribution in [0.2, 0.25) is 0 Å². The van der Waals surface area contributed by atoms with Crippen LogP contribution in [-0.4, -0.2) is 11.7 Å². The van der Waals surface area contributed by atoms with Crippen molar-refractivity contribution in [2.75, 3.05) is 6.54 Å². The topological polar surface area (TPSA) is 59.4 Å². The molecular formula is C8H12BrNO2. The average molecular weight is 234 g/mol. The van der Waals surface area contributed by atoms with E-state index in [4.69, 9.17) is 10.2 Å². The molecule has 2 atom stereocenters. The van der Waals surface area contributed by atoms with E-state index in [1.54, 1.807) is 6.07 Å². The summed E-state index contributed by atoms with van der Waals surface area (Å²) in [5, 5.41) is 9.64. The molecule has 0 aliphatic rings. The Morgan fingerprint density at radius 3 is 2.83 bits per heavy atom. The Hall–Kier alpha value is -0.320. The van der Waals surface area contributed by atoms with Gasteiger partial charge in [-0.25, -0.2) is 0 Å². The fourth-order valence-electron chi connectivity index (χ4n) is 0.936. The number of halogens is 1. The van der Waals surface area contributed by atoms with E-state index in [0.717, 1.165) is 5.56 Å². The number of hydrogen-bond acceptors (Lipinski definition) is 3. The first-order valence-electron chi connectivity index (χ1n) is 3.77. The number of nitrogens with two attached hydrogens (primary N) is 1. The highest BCUT2D eigenvalue weighted by molar-refractivity contribution is 9.10. The standard InChI is InChI=1S/C8H12BrNO2/c1-5(3-10)8(11)6-2-7(9)12-4-6/h2,4-5,8,11H,3,10H2,1H3. The van der Waals surface area contributed by atoms with Gasteiger partial charge in [-0.3, -0.25) is 0 Å². The molecule has 3 nitrogen and oxygen atoms in total. The molecule has 0 amide bonds. The summed E-state index contributed by atoms with van der Waals surface area (Å²) in [6, 6.07) is 1.75. The van der Waals surface area contributed by atoms with Crippen molar-refractivity contribution in [3.63, 3.8) is 0 Å². The smallest absolute Gasteiger partial charge is 0.169 e. The van der Waals surface area contributed by atoms with Gasteiger partial charge >= 0.3 is 0 Å². The van der Waals surface area contributed by atoms with Gasteiger partial charge in [0, 0.05) is 5.56 Å². The Kier molecular flexibility index (Phi) is 3.31. The third-order valence-corrected chi connectivity index (χ3v) is 2.26. The summed E-state index contributed by atoms with van der Waals surface area (Å²) in [6.45, 7) is 2.36. The second-order valence-electron chi connectivity index (χ2n) is 2.84. The second kappa shape index (κ2) is 4.07. The molecule has 1 heterocycles. The predicted molar refractivity (Wildman–Crippen MR) is 49.6 cm³/mol. The maximum absolute atomic E-state index is 9.64. The number of hydrogen-bond donors (Lipinski definition) is 2. The average Bonchev–Trinajstić information content (AvgIpc) is 2.49. The van der Waals surface area contributed by atoms with Gasteiger partial charge in [0.25, 0.3) is 0 Å². The van der Waals surface area contributed by atoms with Crippen LogP contribution in [0.4, 0.5) is 0 Å². The van der Waals surface area contributed by atoms with E-state index in [1.165, 1.54) is 6.26 Å². The van der Waals surface area contributed by atoms with Gasteiger partial charge in [0.15, 0.2) is 4.67 Å². The van der Waals surface area contributed by atoms with Crippen molar-refractivity contribution in [2.24, 2.45) is 11.7 Å². The lowest BCUT2D eigenvalue weighted by atomic mass is 10.0. The molecule has 1 aromatic heterocycles. The summed E-state index contributed by atoms with van der Waals surface area (Å²) in [6.07, 6.45) is 0.992.